The van der Waals surface area contributed by atoms with E-state index in [2.05, 4.69) is 146 Å². The van der Waals surface area contributed by atoms with Crippen LogP contribution in [0.2, 0.25) is 0 Å². The van der Waals surface area contributed by atoms with Crippen molar-refractivity contribution in [3.05, 3.63) is 151 Å². The van der Waals surface area contributed by atoms with Crippen LogP contribution < -0.4 is 0 Å². The monoisotopic (exact) mass is 523 g/mol. The summed E-state index contributed by atoms with van der Waals surface area (Å²) in [7, 11) is 0. The van der Waals surface area contributed by atoms with Crippen LogP contribution in [-0.2, 0) is 5.41 Å². The third kappa shape index (κ3) is 3.59. The van der Waals surface area contributed by atoms with Gasteiger partial charge >= 0.3 is 0 Å². The summed E-state index contributed by atoms with van der Waals surface area (Å²) in [5, 5.41) is 5.06. The van der Waals surface area contributed by atoms with Gasteiger partial charge < -0.3 is 0 Å². The van der Waals surface area contributed by atoms with Crippen LogP contribution >= 0.6 is 0 Å². The number of benzene rings is 6. The zero-order valence-electron chi connectivity index (χ0n) is 23.2. The van der Waals surface area contributed by atoms with Gasteiger partial charge in [0.15, 0.2) is 0 Å². The van der Waals surface area contributed by atoms with Crippen LogP contribution in [0.1, 0.15) is 25.0 Å². The summed E-state index contributed by atoms with van der Waals surface area (Å²) in [6, 6.07) is 46.8. The topological polar surface area (TPSA) is 12.9 Å². The van der Waals surface area contributed by atoms with Gasteiger partial charge in [0.05, 0.1) is 0 Å². The summed E-state index contributed by atoms with van der Waals surface area (Å²) >= 11 is 0. The van der Waals surface area contributed by atoms with Crippen molar-refractivity contribution in [2.75, 3.05) is 0 Å². The van der Waals surface area contributed by atoms with E-state index in [0.717, 1.165) is 0 Å². The maximum absolute atomic E-state index is 4.31. The van der Waals surface area contributed by atoms with Crippen molar-refractivity contribution < 1.29 is 0 Å². The molecule has 1 aliphatic rings. The Kier molecular flexibility index (Phi) is 5.24. The Hall–Kier alpha value is -5.01. The van der Waals surface area contributed by atoms with Gasteiger partial charge in [0, 0.05) is 17.8 Å². The molecule has 41 heavy (non-hydrogen) atoms. The maximum atomic E-state index is 4.31. The molecule has 0 N–H and O–H groups in total. The van der Waals surface area contributed by atoms with Gasteiger partial charge in [-0.05, 0) is 101 Å². The molecule has 0 aliphatic heterocycles. The molecule has 7 aromatic rings. The van der Waals surface area contributed by atoms with E-state index in [9.17, 15) is 0 Å². The van der Waals surface area contributed by atoms with Crippen molar-refractivity contribution in [2.45, 2.75) is 19.3 Å². The second-order valence-electron chi connectivity index (χ2n) is 11.6. The average molecular weight is 524 g/mol. The SMILES string of the molecule is CC1(C)c2ccccc2-c2ccc(-c3c4ccccc4c(-c4ccncc4)c4ccc(-c5ccccc5)cc34)cc21. The van der Waals surface area contributed by atoms with Crippen molar-refractivity contribution in [2.24, 2.45) is 0 Å². The van der Waals surface area contributed by atoms with Crippen LogP contribution in [0.25, 0.3) is 66.1 Å². The lowest BCUT2D eigenvalue weighted by Crippen LogP contribution is -2.14. The Labute approximate surface area is 240 Å². The molecule has 0 unspecified atom stereocenters. The van der Waals surface area contributed by atoms with Crippen molar-refractivity contribution in [3.63, 3.8) is 0 Å². The van der Waals surface area contributed by atoms with Crippen LogP contribution in [0.3, 0.4) is 0 Å². The Balaban J connectivity index is 1.48. The number of pyridine rings is 1. The molecule has 0 spiro atoms. The first-order valence-corrected chi connectivity index (χ1v) is 14.3. The van der Waals surface area contributed by atoms with E-state index in [1.807, 2.05) is 12.4 Å². The minimum Gasteiger partial charge on any atom is -0.265 e. The number of hydrogen-bond donors (Lipinski definition) is 0. The van der Waals surface area contributed by atoms with E-state index in [0.29, 0.717) is 0 Å². The average Bonchev–Trinajstić information content (AvgIpc) is 3.26. The Bertz CT molecular complexity index is 2100. The van der Waals surface area contributed by atoms with E-state index in [1.54, 1.807) is 0 Å². The van der Waals surface area contributed by atoms with E-state index in [4.69, 9.17) is 0 Å². The van der Waals surface area contributed by atoms with Crippen molar-refractivity contribution >= 4 is 21.5 Å². The van der Waals surface area contributed by atoms with Crippen LogP contribution in [0, 0.1) is 0 Å². The first-order valence-electron chi connectivity index (χ1n) is 14.3. The van der Waals surface area contributed by atoms with E-state index in [1.165, 1.54) is 77.2 Å². The summed E-state index contributed by atoms with van der Waals surface area (Å²) in [5.41, 5.74) is 12.9. The highest BCUT2D eigenvalue weighted by atomic mass is 14.6. The van der Waals surface area contributed by atoms with Crippen molar-refractivity contribution in [3.8, 4) is 44.5 Å². The van der Waals surface area contributed by atoms with Crippen molar-refractivity contribution in [1.29, 1.82) is 0 Å². The molecule has 8 rings (SSSR count). The van der Waals surface area contributed by atoms with Crippen LogP contribution in [0.4, 0.5) is 0 Å². The van der Waals surface area contributed by atoms with E-state index in [-0.39, 0.29) is 5.41 Å². The summed E-state index contributed by atoms with van der Waals surface area (Å²) in [5.74, 6) is 0. The highest BCUT2D eigenvalue weighted by Gasteiger charge is 2.35. The molecule has 0 saturated heterocycles. The lowest BCUT2D eigenvalue weighted by Gasteiger charge is -2.23. The van der Waals surface area contributed by atoms with Gasteiger partial charge in [-0.15, -0.1) is 0 Å². The minimum absolute atomic E-state index is 0.0558. The fraction of sp³-hybridized carbons (Fsp3) is 0.0750. The first-order chi connectivity index (χ1) is 20.1. The molecule has 0 atom stereocenters. The van der Waals surface area contributed by atoms with Gasteiger partial charge in [0.2, 0.25) is 0 Å². The zero-order chi connectivity index (χ0) is 27.6. The first kappa shape index (κ1) is 23.8. The van der Waals surface area contributed by atoms with Crippen LogP contribution in [0.5, 0.6) is 0 Å². The molecule has 1 aliphatic carbocycles. The zero-order valence-corrected chi connectivity index (χ0v) is 23.2. The molecule has 0 fully saturated rings. The number of hydrogen-bond acceptors (Lipinski definition) is 1. The molecular weight excluding hydrogens is 494 g/mol. The number of nitrogens with zero attached hydrogens (tertiary/aromatic N) is 1. The second kappa shape index (κ2) is 9.01. The largest absolute Gasteiger partial charge is 0.265 e. The van der Waals surface area contributed by atoms with Gasteiger partial charge in [0.1, 0.15) is 0 Å². The summed E-state index contributed by atoms with van der Waals surface area (Å²) < 4.78 is 0. The quantitative estimate of drug-likeness (QED) is 0.210. The van der Waals surface area contributed by atoms with Crippen LogP contribution in [0.15, 0.2) is 140 Å². The molecule has 1 nitrogen and oxygen atoms in total. The number of rotatable bonds is 3. The Morgan fingerprint density at radius 2 is 1.02 bits per heavy atom. The molecule has 0 bridgehead atoms. The lowest BCUT2D eigenvalue weighted by molar-refractivity contribution is 0.660. The predicted octanol–water partition coefficient (Wildman–Crippen LogP) is 10.7. The molecule has 1 heterocycles. The van der Waals surface area contributed by atoms with Gasteiger partial charge in [-0.2, -0.15) is 0 Å². The molecule has 6 aromatic carbocycles. The predicted molar refractivity (Wildman–Crippen MR) is 173 cm³/mol. The highest BCUT2D eigenvalue weighted by molar-refractivity contribution is 6.22. The maximum Gasteiger partial charge on any atom is 0.0273 e. The molecule has 0 amide bonds. The minimum atomic E-state index is -0.0558. The Morgan fingerprint density at radius 1 is 0.415 bits per heavy atom. The second-order valence-corrected chi connectivity index (χ2v) is 11.6. The smallest absolute Gasteiger partial charge is 0.0273 e. The summed E-state index contributed by atoms with van der Waals surface area (Å²) in [6.45, 7) is 4.72. The van der Waals surface area contributed by atoms with Gasteiger partial charge in [-0.3, -0.25) is 4.98 Å². The van der Waals surface area contributed by atoms with E-state index < -0.39 is 0 Å². The summed E-state index contributed by atoms with van der Waals surface area (Å²) in [4.78, 5) is 4.31. The van der Waals surface area contributed by atoms with Gasteiger partial charge in [-0.1, -0.05) is 117 Å². The normalized spacial score (nSPS) is 13.3. The molecule has 194 valence electrons. The molecule has 0 saturated carbocycles. The standard InChI is InChI=1S/C40H29N/c1-40(2)36-15-9-8-12-30(36)31-18-17-29(25-37(31)40)39-33-14-7-6-13-32(33)38(27-20-22-41-23-21-27)34-19-16-28(24-35(34)39)26-10-4-3-5-11-26/h3-25H,1-2H3. The fourth-order valence-corrected chi connectivity index (χ4v) is 6.99. The van der Waals surface area contributed by atoms with Crippen molar-refractivity contribution in [1.82, 2.24) is 4.98 Å². The Morgan fingerprint density at radius 3 is 1.80 bits per heavy atom. The highest BCUT2D eigenvalue weighted by Crippen LogP contribution is 2.51. The fourth-order valence-electron chi connectivity index (χ4n) is 6.99. The summed E-state index contributed by atoms with van der Waals surface area (Å²) in [6.07, 6.45) is 3.78. The third-order valence-electron chi connectivity index (χ3n) is 8.97. The number of fused-ring (bicyclic) bond motifs is 5. The third-order valence-corrected chi connectivity index (χ3v) is 8.97. The van der Waals surface area contributed by atoms with E-state index >= 15 is 0 Å². The molecule has 0 radical (unpaired) electrons. The van der Waals surface area contributed by atoms with Gasteiger partial charge in [-0.25, -0.2) is 0 Å². The molecule has 1 heteroatoms. The van der Waals surface area contributed by atoms with Crippen LogP contribution in [-0.4, -0.2) is 4.98 Å². The molecule has 1 aromatic heterocycles. The number of aromatic nitrogens is 1. The van der Waals surface area contributed by atoms with Gasteiger partial charge in [0.25, 0.3) is 0 Å². The molecular formula is C40H29N. The lowest BCUT2D eigenvalue weighted by atomic mass is 9.80.